The van der Waals surface area contributed by atoms with E-state index in [1.165, 1.54) is 12.4 Å². The second-order valence-electron chi connectivity index (χ2n) is 3.59. The molecule has 1 heterocycles. The number of nitrogens with two attached hydrogens (primary N) is 1. The molecule has 0 spiro atoms. The van der Waals surface area contributed by atoms with Gasteiger partial charge in [0.1, 0.15) is 5.69 Å². The summed E-state index contributed by atoms with van der Waals surface area (Å²) >= 11 is 1.56. The maximum Gasteiger partial charge on any atom is 0.275 e. The van der Waals surface area contributed by atoms with Crippen LogP contribution in [0.5, 0.6) is 0 Å². The van der Waals surface area contributed by atoms with Gasteiger partial charge in [-0.15, -0.1) is 11.8 Å². The number of carbonyl (C=O) groups excluding carboxylic acids is 1. The maximum atomic E-state index is 12.1. The average molecular weight is 275 g/mol. The second-order valence-corrected chi connectivity index (χ2v) is 4.44. The van der Waals surface area contributed by atoms with E-state index in [1.54, 1.807) is 11.8 Å². The topological polar surface area (TPSA) is 92.9 Å². The van der Waals surface area contributed by atoms with Crippen molar-refractivity contribution in [2.24, 2.45) is 5.84 Å². The van der Waals surface area contributed by atoms with Gasteiger partial charge in [-0.25, -0.2) is 10.8 Å². The molecule has 7 heteroatoms. The van der Waals surface area contributed by atoms with E-state index in [-0.39, 0.29) is 11.6 Å². The maximum absolute atomic E-state index is 12.1. The standard InChI is InChI=1S/C12H13N5OS/c1-19-10-5-3-2-4-8(10)16-12(18)9-6-14-7-11(15-9)17-13/h2-7H,13H2,1H3,(H,15,17)(H,16,18). The molecule has 98 valence electrons. The third kappa shape index (κ3) is 3.21. The van der Waals surface area contributed by atoms with Gasteiger partial charge < -0.3 is 10.7 Å². The van der Waals surface area contributed by atoms with E-state index in [9.17, 15) is 4.79 Å². The van der Waals surface area contributed by atoms with Gasteiger partial charge in [0.15, 0.2) is 5.82 Å². The highest BCUT2D eigenvalue weighted by molar-refractivity contribution is 7.98. The average Bonchev–Trinajstić information content (AvgIpc) is 2.47. The van der Waals surface area contributed by atoms with Crippen LogP contribution in [-0.4, -0.2) is 22.1 Å². The van der Waals surface area contributed by atoms with Crippen LogP contribution in [0.2, 0.25) is 0 Å². The molecule has 2 aromatic rings. The number of carbonyl (C=O) groups is 1. The predicted molar refractivity (Wildman–Crippen MR) is 76.0 cm³/mol. The number of thioether (sulfide) groups is 1. The summed E-state index contributed by atoms with van der Waals surface area (Å²) in [5.41, 5.74) is 3.29. The summed E-state index contributed by atoms with van der Waals surface area (Å²) in [5.74, 6) is 5.24. The number of para-hydroxylation sites is 1. The molecule has 0 atom stereocenters. The highest BCUT2D eigenvalue weighted by Gasteiger charge is 2.10. The zero-order valence-electron chi connectivity index (χ0n) is 10.3. The number of hydrogen-bond acceptors (Lipinski definition) is 6. The summed E-state index contributed by atoms with van der Waals surface area (Å²) in [6.45, 7) is 0. The van der Waals surface area contributed by atoms with E-state index in [4.69, 9.17) is 5.84 Å². The molecule has 0 radical (unpaired) electrons. The van der Waals surface area contributed by atoms with Gasteiger partial charge in [0, 0.05) is 4.90 Å². The quantitative estimate of drug-likeness (QED) is 0.447. The molecule has 0 unspecified atom stereocenters. The second kappa shape index (κ2) is 6.17. The Morgan fingerprint density at radius 1 is 1.32 bits per heavy atom. The first-order chi connectivity index (χ1) is 9.24. The lowest BCUT2D eigenvalue weighted by Crippen LogP contribution is -2.17. The molecular formula is C12H13N5OS. The van der Waals surface area contributed by atoms with Crippen molar-refractivity contribution < 1.29 is 4.79 Å². The Labute approximate surface area is 114 Å². The molecule has 0 fully saturated rings. The SMILES string of the molecule is CSc1ccccc1NC(=O)c1cncc(NN)n1. The van der Waals surface area contributed by atoms with Crippen molar-refractivity contribution >= 4 is 29.2 Å². The Bertz CT molecular complexity index is 590. The van der Waals surface area contributed by atoms with Crippen LogP contribution >= 0.6 is 11.8 Å². The van der Waals surface area contributed by atoms with Gasteiger partial charge in [-0.3, -0.25) is 9.78 Å². The molecule has 0 aliphatic heterocycles. The molecule has 19 heavy (non-hydrogen) atoms. The number of hydrazine groups is 1. The van der Waals surface area contributed by atoms with E-state index < -0.39 is 0 Å². The molecule has 0 saturated carbocycles. The van der Waals surface area contributed by atoms with E-state index in [0.29, 0.717) is 5.82 Å². The molecule has 1 aromatic carbocycles. The minimum absolute atomic E-state index is 0.200. The highest BCUT2D eigenvalue weighted by Crippen LogP contribution is 2.24. The molecule has 2 rings (SSSR count). The van der Waals surface area contributed by atoms with E-state index in [1.807, 2.05) is 30.5 Å². The number of anilines is 2. The highest BCUT2D eigenvalue weighted by atomic mass is 32.2. The molecule has 1 amide bonds. The first kappa shape index (κ1) is 13.3. The molecule has 0 aliphatic rings. The number of rotatable bonds is 4. The summed E-state index contributed by atoms with van der Waals surface area (Å²) in [7, 11) is 0. The zero-order valence-corrected chi connectivity index (χ0v) is 11.1. The van der Waals surface area contributed by atoms with Crippen LogP contribution in [0.1, 0.15) is 10.5 Å². The Morgan fingerprint density at radius 2 is 2.11 bits per heavy atom. The minimum Gasteiger partial charge on any atom is -0.320 e. The predicted octanol–water partition coefficient (Wildman–Crippen LogP) is 1.74. The molecule has 0 saturated heterocycles. The van der Waals surface area contributed by atoms with Crippen molar-refractivity contribution in [1.82, 2.24) is 9.97 Å². The number of benzene rings is 1. The molecule has 4 N–H and O–H groups in total. The van der Waals surface area contributed by atoms with Crippen LogP contribution < -0.4 is 16.6 Å². The third-order valence-corrected chi connectivity index (χ3v) is 3.17. The Balaban J connectivity index is 2.20. The summed E-state index contributed by atoms with van der Waals surface area (Å²) in [4.78, 5) is 21.0. The fraction of sp³-hybridized carbons (Fsp3) is 0.0833. The third-order valence-electron chi connectivity index (χ3n) is 2.37. The summed E-state index contributed by atoms with van der Waals surface area (Å²) < 4.78 is 0. The van der Waals surface area contributed by atoms with Crippen LogP contribution in [0.15, 0.2) is 41.6 Å². The molecule has 0 bridgehead atoms. The van der Waals surface area contributed by atoms with Gasteiger partial charge in [0.05, 0.1) is 18.1 Å². The van der Waals surface area contributed by atoms with Crippen molar-refractivity contribution in [2.75, 3.05) is 17.0 Å². The number of nitrogens with zero attached hydrogens (tertiary/aromatic N) is 2. The van der Waals surface area contributed by atoms with E-state index >= 15 is 0 Å². The van der Waals surface area contributed by atoms with Crippen molar-refractivity contribution in [3.05, 3.63) is 42.4 Å². The monoisotopic (exact) mass is 275 g/mol. The van der Waals surface area contributed by atoms with Gasteiger partial charge in [-0.05, 0) is 18.4 Å². The lowest BCUT2D eigenvalue weighted by Gasteiger charge is -2.09. The summed E-state index contributed by atoms with van der Waals surface area (Å²) in [6, 6.07) is 7.55. The number of amides is 1. The lowest BCUT2D eigenvalue weighted by molar-refractivity contribution is 0.102. The first-order valence-electron chi connectivity index (χ1n) is 5.47. The van der Waals surface area contributed by atoms with Gasteiger partial charge in [0.25, 0.3) is 5.91 Å². The molecule has 1 aromatic heterocycles. The fourth-order valence-corrected chi connectivity index (χ4v) is 2.03. The molecule has 0 aliphatic carbocycles. The molecule has 6 nitrogen and oxygen atoms in total. The zero-order chi connectivity index (χ0) is 13.7. The number of nitrogen functional groups attached to an aromatic ring is 1. The van der Waals surface area contributed by atoms with E-state index in [2.05, 4.69) is 20.7 Å². The van der Waals surface area contributed by atoms with Gasteiger partial charge in [-0.1, -0.05) is 12.1 Å². The van der Waals surface area contributed by atoms with Crippen LogP contribution in [0, 0.1) is 0 Å². The van der Waals surface area contributed by atoms with Crippen molar-refractivity contribution in [3.8, 4) is 0 Å². The molecular weight excluding hydrogens is 262 g/mol. The van der Waals surface area contributed by atoms with Crippen molar-refractivity contribution in [3.63, 3.8) is 0 Å². The van der Waals surface area contributed by atoms with Gasteiger partial charge in [0.2, 0.25) is 0 Å². The Morgan fingerprint density at radius 3 is 2.84 bits per heavy atom. The minimum atomic E-state index is -0.328. The smallest absolute Gasteiger partial charge is 0.275 e. The first-order valence-corrected chi connectivity index (χ1v) is 6.70. The van der Waals surface area contributed by atoms with Crippen molar-refractivity contribution in [1.29, 1.82) is 0 Å². The number of aromatic nitrogens is 2. The Kier molecular flexibility index (Phi) is 4.32. The normalized spacial score (nSPS) is 10.0. The fourth-order valence-electron chi connectivity index (χ4n) is 1.48. The van der Waals surface area contributed by atoms with Crippen molar-refractivity contribution in [2.45, 2.75) is 4.90 Å². The van der Waals surface area contributed by atoms with Crippen LogP contribution in [0.4, 0.5) is 11.5 Å². The van der Waals surface area contributed by atoms with Crippen LogP contribution in [0.25, 0.3) is 0 Å². The number of nitrogens with one attached hydrogen (secondary N) is 2. The van der Waals surface area contributed by atoms with Gasteiger partial charge in [-0.2, -0.15) is 0 Å². The van der Waals surface area contributed by atoms with Crippen LogP contribution in [-0.2, 0) is 0 Å². The summed E-state index contributed by atoms with van der Waals surface area (Å²) in [5, 5.41) is 2.80. The summed E-state index contributed by atoms with van der Waals surface area (Å²) in [6.07, 6.45) is 4.77. The lowest BCUT2D eigenvalue weighted by atomic mass is 10.3. The van der Waals surface area contributed by atoms with Gasteiger partial charge >= 0.3 is 0 Å². The van der Waals surface area contributed by atoms with E-state index in [0.717, 1.165) is 10.6 Å². The largest absolute Gasteiger partial charge is 0.320 e. The van der Waals surface area contributed by atoms with Crippen LogP contribution in [0.3, 0.4) is 0 Å². The Hall–Kier alpha value is -2.12. The number of hydrogen-bond donors (Lipinski definition) is 3.